The molecule has 21 heavy (non-hydrogen) atoms. The summed E-state index contributed by atoms with van der Waals surface area (Å²) < 4.78 is 5.30. The molecule has 3 rings (SSSR count). The van der Waals surface area contributed by atoms with Gasteiger partial charge in [-0.3, -0.25) is 9.78 Å². The van der Waals surface area contributed by atoms with E-state index in [1.807, 2.05) is 6.07 Å². The van der Waals surface area contributed by atoms with Gasteiger partial charge in [0.15, 0.2) is 0 Å². The quantitative estimate of drug-likeness (QED) is 0.900. The highest BCUT2D eigenvalue weighted by atomic mass is 16.5. The Bertz CT molecular complexity index is 727. The van der Waals surface area contributed by atoms with Crippen LogP contribution in [0, 0.1) is 0 Å². The predicted octanol–water partition coefficient (Wildman–Crippen LogP) is 2.06. The van der Waals surface area contributed by atoms with Crippen LogP contribution in [0.1, 0.15) is 31.8 Å². The molecule has 0 spiro atoms. The fourth-order valence-corrected chi connectivity index (χ4v) is 2.14. The van der Waals surface area contributed by atoms with Crippen molar-refractivity contribution < 1.29 is 19.4 Å². The van der Waals surface area contributed by atoms with E-state index < -0.39 is 5.97 Å². The summed E-state index contributed by atoms with van der Waals surface area (Å²) in [5.74, 6) is -1.40. The fourth-order valence-electron chi connectivity index (χ4n) is 2.14. The molecule has 0 aliphatic carbocycles. The molecule has 6 heteroatoms. The zero-order chi connectivity index (χ0) is 14.8. The molecule has 0 radical (unpaired) electrons. The van der Waals surface area contributed by atoms with Gasteiger partial charge in [0, 0.05) is 11.8 Å². The van der Waals surface area contributed by atoms with Gasteiger partial charge in [-0.15, -0.1) is 0 Å². The Morgan fingerprint density at radius 1 is 1.10 bits per heavy atom. The van der Waals surface area contributed by atoms with Gasteiger partial charge in [-0.1, -0.05) is 6.07 Å². The summed E-state index contributed by atoms with van der Waals surface area (Å²) in [7, 11) is 0. The molecule has 0 unspecified atom stereocenters. The van der Waals surface area contributed by atoms with Gasteiger partial charge in [0.25, 0.3) is 5.91 Å². The third-order valence-electron chi connectivity index (χ3n) is 3.23. The van der Waals surface area contributed by atoms with Crippen molar-refractivity contribution >= 4 is 17.6 Å². The van der Waals surface area contributed by atoms with Crippen LogP contribution in [0.25, 0.3) is 0 Å². The van der Waals surface area contributed by atoms with Crippen molar-refractivity contribution in [3.8, 4) is 0 Å². The molecule has 6 nitrogen and oxygen atoms in total. The normalized spacial score (nSPS) is 12.8. The zero-order valence-corrected chi connectivity index (χ0v) is 11.0. The van der Waals surface area contributed by atoms with Gasteiger partial charge in [-0.2, -0.15) is 0 Å². The minimum absolute atomic E-state index is 0.0233. The number of carbonyl (C=O) groups excluding carboxylic acids is 1. The molecular formula is C15H12N2O4. The highest BCUT2D eigenvalue weighted by molar-refractivity contribution is 6.04. The average molecular weight is 284 g/mol. The molecule has 0 atom stereocenters. The molecule has 0 bridgehead atoms. The lowest BCUT2D eigenvalue weighted by atomic mass is 10.1. The van der Waals surface area contributed by atoms with Crippen LogP contribution in [0.2, 0.25) is 0 Å². The van der Waals surface area contributed by atoms with Crippen molar-refractivity contribution in [3.63, 3.8) is 0 Å². The van der Waals surface area contributed by atoms with Crippen molar-refractivity contribution in [2.45, 2.75) is 13.2 Å². The SMILES string of the molecule is O=C(O)c1cncc(NC(=O)c2ccc3c(c2)COC3)c1. The van der Waals surface area contributed by atoms with Gasteiger partial charge >= 0.3 is 5.97 Å². The number of carboxylic acid groups (broad SMARTS) is 1. The molecular weight excluding hydrogens is 272 g/mol. The minimum Gasteiger partial charge on any atom is -0.478 e. The molecule has 1 aromatic heterocycles. The number of aromatic carboxylic acids is 1. The van der Waals surface area contributed by atoms with Gasteiger partial charge in [0.2, 0.25) is 0 Å². The molecule has 0 saturated heterocycles. The van der Waals surface area contributed by atoms with Crippen molar-refractivity contribution in [2.75, 3.05) is 5.32 Å². The van der Waals surface area contributed by atoms with Crippen LogP contribution in [0.4, 0.5) is 5.69 Å². The van der Waals surface area contributed by atoms with E-state index >= 15 is 0 Å². The van der Waals surface area contributed by atoms with E-state index in [9.17, 15) is 9.59 Å². The lowest BCUT2D eigenvalue weighted by Crippen LogP contribution is -2.13. The lowest BCUT2D eigenvalue weighted by molar-refractivity contribution is 0.0696. The number of hydrogen-bond donors (Lipinski definition) is 2. The second-order valence-electron chi connectivity index (χ2n) is 4.70. The van der Waals surface area contributed by atoms with Crippen molar-refractivity contribution in [1.82, 2.24) is 4.98 Å². The molecule has 0 fully saturated rings. The number of aromatic nitrogens is 1. The Hall–Kier alpha value is -2.73. The third kappa shape index (κ3) is 2.75. The van der Waals surface area contributed by atoms with E-state index in [-0.39, 0.29) is 11.5 Å². The number of carboxylic acids is 1. The zero-order valence-electron chi connectivity index (χ0n) is 11.0. The Morgan fingerprint density at radius 2 is 1.90 bits per heavy atom. The molecule has 1 aromatic carbocycles. The van der Waals surface area contributed by atoms with Gasteiger partial charge in [0.05, 0.1) is 30.7 Å². The van der Waals surface area contributed by atoms with Crippen molar-refractivity contribution in [1.29, 1.82) is 0 Å². The first kappa shape index (κ1) is 13.3. The van der Waals surface area contributed by atoms with E-state index in [4.69, 9.17) is 9.84 Å². The number of anilines is 1. The molecule has 2 N–H and O–H groups in total. The molecule has 1 amide bonds. The number of ether oxygens (including phenoxy) is 1. The summed E-state index contributed by atoms with van der Waals surface area (Å²) in [6, 6.07) is 6.73. The number of rotatable bonds is 3. The van der Waals surface area contributed by atoms with Gasteiger partial charge in [-0.25, -0.2) is 4.79 Å². The largest absolute Gasteiger partial charge is 0.478 e. The van der Waals surface area contributed by atoms with Crippen LogP contribution < -0.4 is 5.32 Å². The molecule has 1 aliphatic rings. The highest BCUT2D eigenvalue weighted by Crippen LogP contribution is 2.21. The number of benzene rings is 1. The number of pyridine rings is 1. The van der Waals surface area contributed by atoms with Gasteiger partial charge < -0.3 is 15.2 Å². The topological polar surface area (TPSA) is 88.5 Å². The predicted molar refractivity (Wildman–Crippen MR) is 74.1 cm³/mol. The van der Waals surface area contributed by atoms with Gasteiger partial charge in [0.1, 0.15) is 0 Å². The van der Waals surface area contributed by atoms with E-state index in [0.717, 1.165) is 11.1 Å². The van der Waals surface area contributed by atoms with E-state index in [1.54, 1.807) is 12.1 Å². The maximum absolute atomic E-state index is 12.2. The summed E-state index contributed by atoms with van der Waals surface area (Å²) in [6.45, 7) is 1.08. The van der Waals surface area contributed by atoms with Crippen LogP contribution in [-0.4, -0.2) is 22.0 Å². The molecule has 2 aromatic rings. The monoisotopic (exact) mass is 284 g/mol. The second kappa shape index (κ2) is 5.34. The van der Waals surface area contributed by atoms with Crippen LogP contribution in [-0.2, 0) is 18.0 Å². The van der Waals surface area contributed by atoms with Crippen LogP contribution >= 0.6 is 0 Å². The summed E-state index contributed by atoms with van der Waals surface area (Å²) in [6.07, 6.45) is 2.63. The van der Waals surface area contributed by atoms with Crippen molar-refractivity contribution in [3.05, 3.63) is 58.9 Å². The Labute approximate surface area is 120 Å². The Morgan fingerprint density at radius 3 is 2.71 bits per heavy atom. The summed E-state index contributed by atoms with van der Waals surface area (Å²) >= 11 is 0. The fraction of sp³-hybridized carbons (Fsp3) is 0.133. The number of amides is 1. The average Bonchev–Trinajstić information content (AvgIpc) is 2.94. The lowest BCUT2D eigenvalue weighted by Gasteiger charge is -2.07. The maximum Gasteiger partial charge on any atom is 0.337 e. The van der Waals surface area contributed by atoms with E-state index in [2.05, 4.69) is 10.3 Å². The standard InChI is InChI=1S/C15H12N2O4/c18-14(9-1-2-10-7-21-8-12(10)3-9)17-13-4-11(15(19)20)5-16-6-13/h1-6H,7-8H2,(H,17,18)(H,19,20). The summed E-state index contributed by atoms with van der Waals surface area (Å²) in [5.41, 5.74) is 2.95. The van der Waals surface area contributed by atoms with Crippen LogP contribution in [0.15, 0.2) is 36.7 Å². The Balaban J connectivity index is 1.80. The van der Waals surface area contributed by atoms with Crippen LogP contribution in [0.5, 0.6) is 0 Å². The number of carbonyl (C=O) groups is 2. The summed E-state index contributed by atoms with van der Waals surface area (Å²) in [5, 5.41) is 11.5. The van der Waals surface area contributed by atoms with E-state index in [0.29, 0.717) is 24.5 Å². The smallest absolute Gasteiger partial charge is 0.337 e. The molecule has 0 saturated carbocycles. The Kier molecular flexibility index (Phi) is 3.37. The first-order valence-electron chi connectivity index (χ1n) is 6.33. The van der Waals surface area contributed by atoms with Crippen molar-refractivity contribution in [2.24, 2.45) is 0 Å². The summed E-state index contributed by atoms with van der Waals surface area (Å²) in [4.78, 5) is 26.8. The molecule has 1 aliphatic heterocycles. The maximum atomic E-state index is 12.2. The first-order valence-corrected chi connectivity index (χ1v) is 6.33. The number of nitrogens with zero attached hydrogens (tertiary/aromatic N) is 1. The number of fused-ring (bicyclic) bond motifs is 1. The second-order valence-corrected chi connectivity index (χ2v) is 4.70. The number of nitrogens with one attached hydrogen (secondary N) is 1. The van der Waals surface area contributed by atoms with Gasteiger partial charge in [-0.05, 0) is 29.3 Å². The van der Waals surface area contributed by atoms with Crippen LogP contribution in [0.3, 0.4) is 0 Å². The minimum atomic E-state index is -1.09. The molecule has 2 heterocycles. The third-order valence-corrected chi connectivity index (χ3v) is 3.23. The highest BCUT2D eigenvalue weighted by Gasteiger charge is 2.15. The molecule has 106 valence electrons. The number of hydrogen-bond acceptors (Lipinski definition) is 4. The first-order chi connectivity index (χ1) is 10.1. The van der Waals surface area contributed by atoms with E-state index in [1.165, 1.54) is 18.5 Å².